The number of nitrogens with one attached hydrogen (secondary N) is 1. The molecule has 0 heterocycles. The molecule has 1 aromatic rings. The van der Waals surface area contributed by atoms with Crippen LogP contribution in [0.5, 0.6) is 0 Å². The molecule has 0 spiro atoms. The number of rotatable bonds is 8. The second kappa shape index (κ2) is 8.84. The van der Waals surface area contributed by atoms with E-state index in [1.807, 2.05) is 30.0 Å². The summed E-state index contributed by atoms with van der Waals surface area (Å²) in [6.07, 6.45) is 1.25. The third-order valence-corrected chi connectivity index (χ3v) is 4.39. The number of benzene rings is 1. The summed E-state index contributed by atoms with van der Waals surface area (Å²) >= 11 is 8.10. The zero-order valence-corrected chi connectivity index (χ0v) is 13.2. The highest BCUT2D eigenvalue weighted by molar-refractivity contribution is 7.99. The summed E-state index contributed by atoms with van der Waals surface area (Å²) in [5.74, 6) is 1.77. The van der Waals surface area contributed by atoms with Crippen LogP contribution in [-0.2, 0) is 5.75 Å². The van der Waals surface area contributed by atoms with Crippen LogP contribution >= 0.6 is 23.4 Å². The van der Waals surface area contributed by atoms with Gasteiger partial charge in [-0.25, -0.2) is 0 Å². The Bertz CT molecular complexity index is 341. The molecule has 0 aliphatic heterocycles. The maximum atomic E-state index is 6.14. The molecule has 3 heteroatoms. The van der Waals surface area contributed by atoms with Gasteiger partial charge in [-0.05, 0) is 30.5 Å². The summed E-state index contributed by atoms with van der Waals surface area (Å²) in [7, 11) is 0. The van der Waals surface area contributed by atoms with Crippen LogP contribution in [0.25, 0.3) is 0 Å². The van der Waals surface area contributed by atoms with Crippen LogP contribution in [0, 0.1) is 5.92 Å². The Morgan fingerprint density at radius 3 is 2.61 bits per heavy atom. The van der Waals surface area contributed by atoms with Crippen molar-refractivity contribution in [2.75, 3.05) is 13.1 Å². The van der Waals surface area contributed by atoms with Crippen molar-refractivity contribution in [2.45, 2.75) is 38.2 Å². The van der Waals surface area contributed by atoms with E-state index in [0.717, 1.165) is 29.8 Å². The lowest BCUT2D eigenvalue weighted by atomic mass is 10.1. The number of thioether (sulfide) groups is 1. The van der Waals surface area contributed by atoms with Crippen molar-refractivity contribution in [3.63, 3.8) is 0 Å². The Morgan fingerprint density at radius 2 is 1.94 bits per heavy atom. The predicted octanol–water partition coefficient (Wildman–Crippen LogP) is 4.60. The van der Waals surface area contributed by atoms with Crippen LogP contribution in [0.2, 0.25) is 5.02 Å². The molecule has 1 aromatic carbocycles. The van der Waals surface area contributed by atoms with E-state index in [2.05, 4.69) is 32.2 Å². The van der Waals surface area contributed by atoms with Crippen molar-refractivity contribution in [3.05, 3.63) is 34.9 Å². The maximum Gasteiger partial charge on any atom is 0.0446 e. The molecule has 0 aromatic heterocycles. The lowest BCUT2D eigenvalue weighted by Gasteiger charge is -2.13. The number of hydrogen-bond acceptors (Lipinski definition) is 2. The molecule has 18 heavy (non-hydrogen) atoms. The fourth-order valence-corrected chi connectivity index (χ4v) is 2.84. The average molecular weight is 286 g/mol. The summed E-state index contributed by atoms with van der Waals surface area (Å²) in [5, 5.41) is 5.01. The van der Waals surface area contributed by atoms with Crippen molar-refractivity contribution < 1.29 is 0 Å². The molecule has 0 saturated heterocycles. The van der Waals surface area contributed by atoms with Gasteiger partial charge in [-0.3, -0.25) is 0 Å². The van der Waals surface area contributed by atoms with Crippen LogP contribution < -0.4 is 5.32 Å². The first-order valence-corrected chi connectivity index (χ1v) is 8.08. The molecular formula is C15H24ClNS. The van der Waals surface area contributed by atoms with Gasteiger partial charge in [0.2, 0.25) is 0 Å². The first-order valence-electron chi connectivity index (χ1n) is 6.65. The van der Waals surface area contributed by atoms with Gasteiger partial charge in [0.05, 0.1) is 0 Å². The summed E-state index contributed by atoms with van der Waals surface area (Å²) in [6.45, 7) is 8.98. The van der Waals surface area contributed by atoms with Crippen molar-refractivity contribution in [3.8, 4) is 0 Å². The van der Waals surface area contributed by atoms with Gasteiger partial charge >= 0.3 is 0 Å². The molecule has 1 atom stereocenters. The summed E-state index contributed by atoms with van der Waals surface area (Å²) in [4.78, 5) is 0. The highest BCUT2D eigenvalue weighted by atomic mass is 35.5. The minimum atomic E-state index is 0.619. The Labute approximate surface area is 121 Å². The average Bonchev–Trinajstić information content (AvgIpc) is 2.33. The second-order valence-corrected chi connectivity index (χ2v) is 6.93. The van der Waals surface area contributed by atoms with Gasteiger partial charge in [0.1, 0.15) is 0 Å². The lowest BCUT2D eigenvalue weighted by molar-refractivity contribution is 0.539. The highest BCUT2D eigenvalue weighted by Crippen LogP contribution is 2.23. The minimum absolute atomic E-state index is 0.619. The smallest absolute Gasteiger partial charge is 0.0446 e. The molecule has 0 amide bonds. The van der Waals surface area contributed by atoms with E-state index in [0.29, 0.717) is 5.25 Å². The van der Waals surface area contributed by atoms with Gasteiger partial charge in [-0.2, -0.15) is 11.8 Å². The van der Waals surface area contributed by atoms with E-state index in [1.54, 1.807) is 0 Å². The van der Waals surface area contributed by atoms with Crippen LogP contribution in [0.4, 0.5) is 0 Å². The Balaban J connectivity index is 2.17. The molecule has 1 rings (SSSR count). The van der Waals surface area contributed by atoms with E-state index in [-0.39, 0.29) is 0 Å². The van der Waals surface area contributed by atoms with E-state index < -0.39 is 0 Å². The van der Waals surface area contributed by atoms with Crippen LogP contribution in [0.15, 0.2) is 24.3 Å². The molecule has 0 aliphatic carbocycles. The molecule has 0 saturated carbocycles. The zero-order valence-electron chi connectivity index (χ0n) is 11.6. The molecule has 0 fully saturated rings. The Hall–Kier alpha value is -0.180. The normalized spacial score (nSPS) is 12.9. The van der Waals surface area contributed by atoms with Crippen molar-refractivity contribution in [1.29, 1.82) is 0 Å². The fourth-order valence-electron chi connectivity index (χ4n) is 1.60. The van der Waals surface area contributed by atoms with Gasteiger partial charge in [0, 0.05) is 22.6 Å². The largest absolute Gasteiger partial charge is 0.316 e. The maximum absolute atomic E-state index is 6.14. The molecule has 1 N–H and O–H groups in total. The molecular weight excluding hydrogens is 262 g/mol. The first-order chi connectivity index (χ1) is 8.59. The van der Waals surface area contributed by atoms with E-state index in [1.165, 1.54) is 12.0 Å². The predicted molar refractivity (Wildman–Crippen MR) is 84.5 cm³/mol. The molecule has 0 aliphatic rings. The van der Waals surface area contributed by atoms with E-state index >= 15 is 0 Å². The molecule has 1 nitrogen and oxygen atoms in total. The highest BCUT2D eigenvalue weighted by Gasteiger charge is 2.05. The van der Waals surface area contributed by atoms with Gasteiger partial charge in [-0.1, -0.05) is 50.6 Å². The molecule has 0 bridgehead atoms. The number of hydrogen-bond donors (Lipinski definition) is 1. The van der Waals surface area contributed by atoms with Gasteiger partial charge in [0.15, 0.2) is 0 Å². The minimum Gasteiger partial charge on any atom is -0.316 e. The molecule has 0 radical (unpaired) electrons. The van der Waals surface area contributed by atoms with Crippen LogP contribution in [-0.4, -0.2) is 18.3 Å². The summed E-state index contributed by atoms with van der Waals surface area (Å²) in [5.41, 5.74) is 1.23. The van der Waals surface area contributed by atoms with Crippen molar-refractivity contribution >= 4 is 23.4 Å². The van der Waals surface area contributed by atoms with Gasteiger partial charge in [-0.15, -0.1) is 0 Å². The standard InChI is InChI=1S/C15H24ClNS/c1-12(2)8-9-17-10-13(3)18-11-14-6-4-5-7-15(14)16/h4-7,12-13,17H,8-11H2,1-3H3. The second-order valence-electron chi connectivity index (χ2n) is 5.10. The fraction of sp³-hybridized carbons (Fsp3) is 0.600. The Kier molecular flexibility index (Phi) is 7.80. The summed E-state index contributed by atoms with van der Waals surface area (Å²) < 4.78 is 0. The third kappa shape index (κ3) is 6.67. The summed E-state index contributed by atoms with van der Waals surface area (Å²) in [6, 6.07) is 8.10. The molecule has 102 valence electrons. The molecule has 1 unspecified atom stereocenters. The quantitative estimate of drug-likeness (QED) is 0.701. The Morgan fingerprint density at radius 1 is 1.22 bits per heavy atom. The van der Waals surface area contributed by atoms with Crippen LogP contribution in [0.1, 0.15) is 32.8 Å². The third-order valence-electron chi connectivity index (χ3n) is 2.81. The lowest BCUT2D eigenvalue weighted by Crippen LogP contribution is -2.24. The van der Waals surface area contributed by atoms with Gasteiger partial charge < -0.3 is 5.32 Å². The number of halogens is 1. The first kappa shape index (κ1) is 15.9. The van der Waals surface area contributed by atoms with Crippen LogP contribution in [0.3, 0.4) is 0 Å². The van der Waals surface area contributed by atoms with Gasteiger partial charge in [0.25, 0.3) is 0 Å². The SMILES string of the molecule is CC(C)CCNCC(C)SCc1ccccc1Cl. The topological polar surface area (TPSA) is 12.0 Å². The van der Waals surface area contributed by atoms with Crippen molar-refractivity contribution in [2.24, 2.45) is 5.92 Å². The van der Waals surface area contributed by atoms with E-state index in [9.17, 15) is 0 Å². The zero-order chi connectivity index (χ0) is 13.4. The van der Waals surface area contributed by atoms with Crippen molar-refractivity contribution in [1.82, 2.24) is 5.32 Å². The van der Waals surface area contributed by atoms with E-state index in [4.69, 9.17) is 11.6 Å². The monoisotopic (exact) mass is 285 g/mol.